The van der Waals surface area contributed by atoms with Gasteiger partial charge in [-0.05, 0) is 18.6 Å². The lowest BCUT2D eigenvalue weighted by atomic mass is 10.2. The number of carbonyl (C=O) groups excluding carboxylic acids is 1. The van der Waals surface area contributed by atoms with E-state index in [1.165, 1.54) is 15.4 Å². The van der Waals surface area contributed by atoms with Gasteiger partial charge in [-0.1, -0.05) is 0 Å². The molecule has 0 aromatic carbocycles. The Morgan fingerprint density at radius 1 is 1.53 bits per heavy atom. The van der Waals surface area contributed by atoms with E-state index >= 15 is 0 Å². The summed E-state index contributed by atoms with van der Waals surface area (Å²) in [6.45, 7) is 5.60. The molecule has 0 amide bonds. The van der Waals surface area contributed by atoms with Crippen molar-refractivity contribution >= 4 is 22.6 Å². The molecule has 2 heterocycles. The third-order valence-corrected chi connectivity index (χ3v) is 3.92. The number of hydrogen-bond donors (Lipinski definition) is 0. The molecule has 82 valence electrons. The van der Waals surface area contributed by atoms with Crippen molar-refractivity contribution in [3.05, 3.63) is 16.5 Å². The van der Waals surface area contributed by atoms with Crippen LogP contribution >= 0.6 is 11.3 Å². The third-order valence-electron chi connectivity index (χ3n) is 2.60. The van der Waals surface area contributed by atoms with Crippen LogP contribution in [0.3, 0.4) is 0 Å². The van der Waals surface area contributed by atoms with Gasteiger partial charge in [0.15, 0.2) is 0 Å². The average molecular weight is 225 g/mol. The molecule has 0 bridgehead atoms. The Kier molecular flexibility index (Phi) is 3.38. The van der Waals surface area contributed by atoms with Gasteiger partial charge in [0.1, 0.15) is 6.29 Å². The van der Waals surface area contributed by atoms with Crippen LogP contribution in [0.5, 0.6) is 0 Å². The number of nitrogens with zero attached hydrogens (tertiary/aromatic N) is 1. The summed E-state index contributed by atoms with van der Waals surface area (Å²) in [6, 6.07) is 2.18. The van der Waals surface area contributed by atoms with E-state index in [0.717, 1.165) is 32.6 Å². The lowest BCUT2D eigenvalue weighted by molar-refractivity contribution is -0.107. The molecule has 3 nitrogen and oxygen atoms in total. The molecule has 0 atom stereocenters. The van der Waals surface area contributed by atoms with Crippen LogP contribution in [0, 0.1) is 6.92 Å². The molecule has 1 aliphatic heterocycles. The highest BCUT2D eigenvalue weighted by Crippen LogP contribution is 2.30. The number of aldehydes is 1. The smallest absolute Gasteiger partial charge is 0.125 e. The van der Waals surface area contributed by atoms with Crippen LogP contribution in [0.15, 0.2) is 6.07 Å². The molecule has 1 saturated heterocycles. The Morgan fingerprint density at radius 2 is 2.27 bits per heavy atom. The topological polar surface area (TPSA) is 29.5 Å². The second-order valence-electron chi connectivity index (χ2n) is 3.66. The van der Waals surface area contributed by atoms with E-state index in [2.05, 4.69) is 17.9 Å². The van der Waals surface area contributed by atoms with Gasteiger partial charge >= 0.3 is 0 Å². The van der Waals surface area contributed by atoms with Gasteiger partial charge in [-0.2, -0.15) is 0 Å². The summed E-state index contributed by atoms with van der Waals surface area (Å²) in [5, 5.41) is 1.27. The number of rotatable bonds is 3. The summed E-state index contributed by atoms with van der Waals surface area (Å²) in [6.07, 6.45) is 1.52. The van der Waals surface area contributed by atoms with Crippen LogP contribution in [0.4, 0.5) is 5.00 Å². The van der Waals surface area contributed by atoms with Gasteiger partial charge in [-0.15, -0.1) is 11.3 Å². The van der Waals surface area contributed by atoms with Crippen LogP contribution in [0.25, 0.3) is 0 Å². The van der Waals surface area contributed by atoms with E-state index < -0.39 is 0 Å². The summed E-state index contributed by atoms with van der Waals surface area (Å²) in [5.41, 5.74) is 1.23. The molecular formula is C11H15NO2S. The van der Waals surface area contributed by atoms with Crippen molar-refractivity contribution in [2.45, 2.75) is 13.3 Å². The molecule has 0 unspecified atom stereocenters. The summed E-state index contributed by atoms with van der Waals surface area (Å²) >= 11 is 1.73. The second-order valence-corrected chi connectivity index (χ2v) is 4.78. The Bertz CT molecular complexity index is 342. The number of thiophene rings is 1. The minimum atomic E-state index is 0.542. The highest BCUT2D eigenvalue weighted by atomic mass is 32.1. The van der Waals surface area contributed by atoms with Gasteiger partial charge < -0.3 is 14.4 Å². The number of hydrogen-bond acceptors (Lipinski definition) is 4. The highest BCUT2D eigenvalue weighted by Gasteiger charge is 2.14. The maximum Gasteiger partial charge on any atom is 0.125 e. The second kappa shape index (κ2) is 4.77. The van der Waals surface area contributed by atoms with Gasteiger partial charge in [0, 0.05) is 24.4 Å². The lowest BCUT2D eigenvalue weighted by Gasteiger charge is -2.27. The summed E-state index contributed by atoms with van der Waals surface area (Å²) in [4.78, 5) is 14.0. The first kappa shape index (κ1) is 10.6. The Hall–Kier alpha value is -0.870. The maximum absolute atomic E-state index is 10.5. The Labute approximate surface area is 93.7 Å². The van der Waals surface area contributed by atoms with Crippen molar-refractivity contribution in [2.75, 3.05) is 31.2 Å². The first-order valence-corrected chi connectivity index (χ1v) is 5.98. The first-order valence-electron chi connectivity index (χ1n) is 5.17. The molecule has 1 aliphatic rings. The van der Waals surface area contributed by atoms with Crippen molar-refractivity contribution in [2.24, 2.45) is 0 Å². The monoisotopic (exact) mass is 225 g/mol. The van der Waals surface area contributed by atoms with Crippen molar-refractivity contribution in [1.29, 1.82) is 0 Å². The molecule has 0 N–H and O–H groups in total. The Morgan fingerprint density at radius 3 is 2.93 bits per heavy atom. The van der Waals surface area contributed by atoms with E-state index in [9.17, 15) is 4.79 Å². The fraction of sp³-hybridized carbons (Fsp3) is 0.545. The van der Waals surface area contributed by atoms with Crippen molar-refractivity contribution in [1.82, 2.24) is 0 Å². The van der Waals surface area contributed by atoms with Crippen LogP contribution in [-0.4, -0.2) is 32.6 Å². The van der Waals surface area contributed by atoms with Crippen molar-refractivity contribution in [3.8, 4) is 0 Å². The van der Waals surface area contributed by atoms with E-state index in [0.29, 0.717) is 6.42 Å². The van der Waals surface area contributed by atoms with Crippen LogP contribution < -0.4 is 4.90 Å². The first-order chi connectivity index (χ1) is 7.31. The van der Waals surface area contributed by atoms with Gasteiger partial charge in [0.25, 0.3) is 0 Å². The summed E-state index contributed by atoms with van der Waals surface area (Å²) < 4.78 is 5.31. The largest absolute Gasteiger partial charge is 0.378 e. The number of aryl methyl sites for hydroxylation is 1. The molecule has 1 aromatic rings. The van der Waals surface area contributed by atoms with Crippen LogP contribution in [0.2, 0.25) is 0 Å². The normalized spacial score (nSPS) is 16.7. The minimum absolute atomic E-state index is 0.542. The number of morpholine rings is 1. The molecule has 1 aromatic heterocycles. The molecule has 2 rings (SSSR count). The molecule has 1 fully saturated rings. The molecule has 15 heavy (non-hydrogen) atoms. The standard InChI is InChI=1S/C11H15NO2S/c1-9-8-11(15-10(9)2-5-13)12-3-6-14-7-4-12/h5,8H,2-4,6-7H2,1H3. The van der Waals surface area contributed by atoms with Gasteiger partial charge in [0.05, 0.1) is 18.2 Å². The number of carbonyl (C=O) groups is 1. The van der Waals surface area contributed by atoms with Crippen molar-refractivity contribution in [3.63, 3.8) is 0 Å². The van der Waals surface area contributed by atoms with E-state index in [1.807, 2.05) is 0 Å². The third kappa shape index (κ3) is 2.38. The zero-order valence-electron chi connectivity index (χ0n) is 8.86. The summed E-state index contributed by atoms with van der Waals surface area (Å²) in [7, 11) is 0. The van der Waals surface area contributed by atoms with Gasteiger partial charge in [-0.25, -0.2) is 0 Å². The molecular weight excluding hydrogens is 210 g/mol. The number of anilines is 1. The van der Waals surface area contributed by atoms with E-state index in [4.69, 9.17) is 4.74 Å². The average Bonchev–Trinajstić information content (AvgIpc) is 2.63. The molecule has 0 saturated carbocycles. The maximum atomic E-state index is 10.5. The molecule has 0 radical (unpaired) electrons. The van der Waals surface area contributed by atoms with E-state index in [1.54, 1.807) is 11.3 Å². The van der Waals surface area contributed by atoms with E-state index in [-0.39, 0.29) is 0 Å². The van der Waals surface area contributed by atoms with Crippen molar-refractivity contribution < 1.29 is 9.53 Å². The number of ether oxygens (including phenoxy) is 1. The lowest BCUT2D eigenvalue weighted by Crippen LogP contribution is -2.35. The van der Waals surface area contributed by atoms with Gasteiger partial charge in [0.2, 0.25) is 0 Å². The fourth-order valence-corrected chi connectivity index (χ4v) is 2.89. The Balaban J connectivity index is 2.13. The highest BCUT2D eigenvalue weighted by molar-refractivity contribution is 7.16. The predicted molar refractivity (Wildman–Crippen MR) is 61.9 cm³/mol. The predicted octanol–water partition coefficient (Wildman–Crippen LogP) is 1.63. The van der Waals surface area contributed by atoms with Crippen LogP contribution in [-0.2, 0) is 16.0 Å². The van der Waals surface area contributed by atoms with Gasteiger partial charge in [-0.3, -0.25) is 0 Å². The fourth-order valence-electron chi connectivity index (χ4n) is 1.72. The van der Waals surface area contributed by atoms with Crippen LogP contribution in [0.1, 0.15) is 10.4 Å². The minimum Gasteiger partial charge on any atom is -0.378 e. The molecule has 0 spiro atoms. The zero-order valence-corrected chi connectivity index (χ0v) is 9.68. The SMILES string of the molecule is Cc1cc(N2CCOCC2)sc1CC=O. The molecule has 4 heteroatoms. The quantitative estimate of drug-likeness (QED) is 0.732. The summed E-state index contributed by atoms with van der Waals surface area (Å²) in [5.74, 6) is 0. The molecule has 0 aliphatic carbocycles. The zero-order chi connectivity index (χ0) is 10.7.